The van der Waals surface area contributed by atoms with Crippen LogP contribution in [-0.4, -0.2) is 64.7 Å². The first kappa shape index (κ1) is 24.7. The average Bonchev–Trinajstić information content (AvgIpc) is 3.22. The van der Waals surface area contributed by atoms with E-state index >= 15 is 0 Å². The van der Waals surface area contributed by atoms with Crippen LogP contribution in [0.1, 0.15) is 43.4 Å². The number of nitrogens with one attached hydrogen (secondary N) is 1. The third-order valence-electron chi connectivity index (χ3n) is 7.07. The standard InChI is InChI=1S/C29H37N3O4/c1-20(2)16-32(17-21-14-22-6-3-4-12-36-28(22)26(33)15-21)29(34)27-19-31(11-13-35-27)18-23-7-5-8-25-24(23)9-10-30-25/h5,7-10,14-15,20,27,30,33H,3-4,6,11-13,16-19H2,1-2H3. The van der Waals surface area contributed by atoms with Crippen LogP contribution in [0.15, 0.2) is 42.6 Å². The Hall–Kier alpha value is -3.03. The van der Waals surface area contributed by atoms with E-state index in [0.29, 0.717) is 44.5 Å². The largest absolute Gasteiger partial charge is 0.504 e. The second-order valence-electron chi connectivity index (χ2n) is 10.5. The lowest BCUT2D eigenvalue weighted by atomic mass is 10.0. The average molecular weight is 492 g/mol. The number of hydrogen-bond donors (Lipinski definition) is 2. The second kappa shape index (κ2) is 10.9. The Morgan fingerprint density at radius 1 is 1.22 bits per heavy atom. The first-order valence-corrected chi connectivity index (χ1v) is 13.1. The van der Waals surface area contributed by atoms with E-state index in [1.807, 2.05) is 11.1 Å². The van der Waals surface area contributed by atoms with Crippen LogP contribution in [0.25, 0.3) is 10.9 Å². The van der Waals surface area contributed by atoms with Crippen LogP contribution in [-0.2, 0) is 29.0 Å². The number of morpholine rings is 1. The molecule has 2 aliphatic heterocycles. The smallest absolute Gasteiger partial charge is 0.253 e. The van der Waals surface area contributed by atoms with Crippen LogP contribution in [0.3, 0.4) is 0 Å². The van der Waals surface area contributed by atoms with Crippen molar-refractivity contribution >= 4 is 16.8 Å². The van der Waals surface area contributed by atoms with Crippen LogP contribution < -0.4 is 4.74 Å². The minimum Gasteiger partial charge on any atom is -0.504 e. The number of aromatic hydroxyl groups is 1. The van der Waals surface area contributed by atoms with Gasteiger partial charge in [-0.3, -0.25) is 9.69 Å². The van der Waals surface area contributed by atoms with Crippen molar-refractivity contribution < 1.29 is 19.4 Å². The maximum atomic E-state index is 13.7. The molecule has 0 radical (unpaired) electrons. The predicted molar refractivity (Wildman–Crippen MR) is 140 cm³/mol. The molecule has 7 nitrogen and oxygen atoms in total. The number of phenols is 1. The van der Waals surface area contributed by atoms with E-state index in [4.69, 9.17) is 9.47 Å². The molecular weight excluding hydrogens is 454 g/mol. The number of fused-ring (bicyclic) bond motifs is 2. The molecule has 3 heterocycles. The van der Waals surface area contributed by atoms with Gasteiger partial charge in [0.2, 0.25) is 0 Å². The molecule has 1 saturated heterocycles. The fraction of sp³-hybridized carbons (Fsp3) is 0.483. The van der Waals surface area contributed by atoms with Gasteiger partial charge in [0.25, 0.3) is 5.91 Å². The van der Waals surface area contributed by atoms with Gasteiger partial charge in [-0.15, -0.1) is 0 Å². The van der Waals surface area contributed by atoms with E-state index in [1.54, 1.807) is 6.07 Å². The summed E-state index contributed by atoms with van der Waals surface area (Å²) in [6, 6.07) is 12.3. The highest BCUT2D eigenvalue weighted by Gasteiger charge is 2.31. The zero-order valence-electron chi connectivity index (χ0n) is 21.3. The Balaban J connectivity index is 1.30. The summed E-state index contributed by atoms with van der Waals surface area (Å²) in [5.41, 5.74) is 4.34. The number of nitrogens with zero attached hydrogens (tertiary/aromatic N) is 2. The minimum absolute atomic E-state index is 0.0129. The summed E-state index contributed by atoms with van der Waals surface area (Å²) in [6.45, 7) is 8.63. The van der Waals surface area contributed by atoms with Crippen LogP contribution in [0, 0.1) is 5.92 Å². The third-order valence-corrected chi connectivity index (χ3v) is 7.07. The molecule has 3 aromatic rings. The van der Waals surface area contributed by atoms with Crippen molar-refractivity contribution in [1.29, 1.82) is 0 Å². The molecule has 2 aromatic carbocycles. The number of carbonyl (C=O) groups is 1. The monoisotopic (exact) mass is 491 g/mol. The van der Waals surface area contributed by atoms with Gasteiger partial charge in [0, 0.05) is 49.8 Å². The number of hydrogen-bond acceptors (Lipinski definition) is 5. The van der Waals surface area contributed by atoms with Crippen LogP contribution in [0.5, 0.6) is 11.5 Å². The summed E-state index contributed by atoms with van der Waals surface area (Å²) >= 11 is 0. The summed E-state index contributed by atoms with van der Waals surface area (Å²) in [6.07, 6.45) is 4.36. The van der Waals surface area contributed by atoms with Gasteiger partial charge in [0.15, 0.2) is 11.5 Å². The molecule has 2 N–H and O–H groups in total. The fourth-order valence-corrected chi connectivity index (χ4v) is 5.39. The molecule has 1 aromatic heterocycles. The SMILES string of the molecule is CC(C)CN(Cc1cc(O)c2c(c1)CCCCO2)C(=O)C1CN(Cc2cccc3[nH]ccc23)CCO1. The van der Waals surface area contributed by atoms with Crippen LogP contribution >= 0.6 is 0 Å². The highest BCUT2D eigenvalue weighted by molar-refractivity contribution is 5.83. The number of phenolic OH excluding ortho intramolecular Hbond substituents is 1. The normalized spacial score (nSPS) is 18.6. The quantitative estimate of drug-likeness (QED) is 0.510. The van der Waals surface area contributed by atoms with Crippen molar-refractivity contribution in [3.05, 3.63) is 59.3 Å². The van der Waals surface area contributed by atoms with Crippen molar-refractivity contribution in [3.63, 3.8) is 0 Å². The summed E-state index contributed by atoms with van der Waals surface area (Å²) in [5.74, 6) is 1.10. The number of aromatic amines is 1. The molecule has 1 unspecified atom stereocenters. The van der Waals surface area contributed by atoms with Gasteiger partial charge in [0.1, 0.15) is 6.10 Å². The lowest BCUT2D eigenvalue weighted by Gasteiger charge is -2.35. The number of aryl methyl sites for hydroxylation is 1. The maximum absolute atomic E-state index is 13.7. The highest BCUT2D eigenvalue weighted by atomic mass is 16.5. The molecule has 7 heteroatoms. The number of amides is 1. The minimum atomic E-state index is -0.499. The zero-order chi connectivity index (χ0) is 25.1. The number of benzene rings is 2. The molecule has 192 valence electrons. The molecule has 2 aliphatic rings. The lowest BCUT2D eigenvalue weighted by molar-refractivity contribution is -0.151. The van der Waals surface area contributed by atoms with E-state index in [-0.39, 0.29) is 11.7 Å². The van der Waals surface area contributed by atoms with Gasteiger partial charge < -0.3 is 24.5 Å². The van der Waals surface area contributed by atoms with E-state index in [2.05, 4.69) is 54.1 Å². The maximum Gasteiger partial charge on any atom is 0.253 e. The van der Waals surface area contributed by atoms with Gasteiger partial charge >= 0.3 is 0 Å². The van der Waals surface area contributed by atoms with Gasteiger partial charge in [-0.05, 0) is 60.1 Å². The Morgan fingerprint density at radius 2 is 2.11 bits per heavy atom. The first-order valence-electron chi connectivity index (χ1n) is 13.1. The van der Waals surface area contributed by atoms with Gasteiger partial charge in [0.05, 0.1) is 13.2 Å². The molecule has 0 spiro atoms. The zero-order valence-corrected chi connectivity index (χ0v) is 21.3. The number of carbonyl (C=O) groups excluding carboxylic acids is 1. The molecule has 36 heavy (non-hydrogen) atoms. The number of ether oxygens (including phenoxy) is 2. The first-order chi connectivity index (χ1) is 17.5. The highest BCUT2D eigenvalue weighted by Crippen LogP contribution is 2.35. The summed E-state index contributed by atoms with van der Waals surface area (Å²) in [4.78, 5) is 21.2. The van der Waals surface area contributed by atoms with Crippen LogP contribution in [0.2, 0.25) is 0 Å². The van der Waals surface area contributed by atoms with Crippen molar-refractivity contribution in [3.8, 4) is 11.5 Å². The van der Waals surface area contributed by atoms with Crippen LogP contribution in [0.4, 0.5) is 0 Å². The summed E-state index contributed by atoms with van der Waals surface area (Å²) in [5, 5.41) is 11.8. The third kappa shape index (κ3) is 5.52. The van der Waals surface area contributed by atoms with Crippen molar-refractivity contribution in [1.82, 2.24) is 14.8 Å². The molecule has 5 rings (SSSR count). The molecule has 0 bridgehead atoms. The molecular formula is C29H37N3O4. The van der Waals surface area contributed by atoms with E-state index in [0.717, 1.165) is 49.0 Å². The molecule has 0 saturated carbocycles. The van der Waals surface area contributed by atoms with Gasteiger partial charge in [-0.2, -0.15) is 0 Å². The Labute approximate surface area is 213 Å². The van der Waals surface area contributed by atoms with Gasteiger partial charge in [-0.1, -0.05) is 32.0 Å². The van der Waals surface area contributed by atoms with Gasteiger partial charge in [-0.25, -0.2) is 0 Å². The number of H-pyrrole nitrogens is 1. The molecule has 0 aliphatic carbocycles. The Kier molecular flexibility index (Phi) is 7.48. The predicted octanol–water partition coefficient (Wildman–Crippen LogP) is 4.47. The fourth-order valence-electron chi connectivity index (χ4n) is 5.39. The van der Waals surface area contributed by atoms with Crippen molar-refractivity contribution in [2.75, 3.05) is 32.8 Å². The Morgan fingerprint density at radius 3 is 2.97 bits per heavy atom. The molecule has 1 fully saturated rings. The summed E-state index contributed by atoms with van der Waals surface area (Å²) < 4.78 is 11.8. The van der Waals surface area contributed by atoms with Crippen molar-refractivity contribution in [2.24, 2.45) is 5.92 Å². The van der Waals surface area contributed by atoms with Crippen molar-refractivity contribution in [2.45, 2.75) is 52.3 Å². The lowest BCUT2D eigenvalue weighted by Crippen LogP contribution is -2.51. The van der Waals surface area contributed by atoms with E-state index in [1.165, 1.54) is 10.9 Å². The topological polar surface area (TPSA) is 78.0 Å². The molecule has 1 atom stereocenters. The summed E-state index contributed by atoms with van der Waals surface area (Å²) in [7, 11) is 0. The molecule has 1 amide bonds. The second-order valence-corrected chi connectivity index (χ2v) is 10.5. The van der Waals surface area contributed by atoms with E-state index in [9.17, 15) is 9.90 Å². The number of aromatic nitrogens is 1. The number of rotatable bonds is 7. The van der Waals surface area contributed by atoms with E-state index < -0.39 is 6.10 Å². The Bertz CT molecular complexity index is 1200.